The molecule has 12 heteroatoms. The van der Waals surface area contributed by atoms with Crippen molar-refractivity contribution in [1.29, 1.82) is 5.41 Å². The van der Waals surface area contributed by atoms with Gasteiger partial charge in [0.2, 0.25) is 11.8 Å². The fourth-order valence-electron chi connectivity index (χ4n) is 4.26. The Kier molecular flexibility index (Phi) is 15.4. The number of carbonyl (C=O) groups is 3. The fraction of sp³-hybridized carbons (Fsp3) is 0.333. The first-order valence-electron chi connectivity index (χ1n) is 13.3. The Bertz CT molecular complexity index is 1320. The second-order valence-corrected chi connectivity index (χ2v) is 9.97. The Labute approximate surface area is 258 Å². The van der Waals surface area contributed by atoms with Gasteiger partial charge in [0.1, 0.15) is 17.8 Å². The average Bonchev–Trinajstić information content (AvgIpc) is 2.93. The number of carbonyl (C=O) groups excluding carboxylic acids is 3. The zero-order valence-corrected chi connectivity index (χ0v) is 25.3. The summed E-state index contributed by atoms with van der Waals surface area (Å²) in [6.07, 6.45) is 0.972. The van der Waals surface area contributed by atoms with Crippen molar-refractivity contribution >= 4 is 59.3 Å². The Morgan fingerprint density at radius 3 is 2.19 bits per heavy atom. The molecule has 0 aliphatic carbocycles. The number of nitrogens with one attached hydrogen (secondary N) is 4. The van der Waals surface area contributed by atoms with Gasteiger partial charge in [0.05, 0.1) is 6.04 Å². The van der Waals surface area contributed by atoms with E-state index in [4.69, 9.17) is 21.6 Å². The van der Waals surface area contributed by atoms with E-state index in [2.05, 4.69) is 16.0 Å². The van der Waals surface area contributed by atoms with Crippen molar-refractivity contribution < 1.29 is 19.1 Å². The minimum absolute atomic E-state index is 0. The number of halogens is 2. The number of nitrogens with two attached hydrogens (primary N) is 2. The van der Waals surface area contributed by atoms with Crippen LogP contribution in [0.25, 0.3) is 10.8 Å². The monoisotopic (exact) mass is 618 g/mol. The average molecular weight is 620 g/mol. The van der Waals surface area contributed by atoms with Crippen molar-refractivity contribution in [3.63, 3.8) is 0 Å². The van der Waals surface area contributed by atoms with E-state index in [1.54, 1.807) is 26.0 Å². The van der Waals surface area contributed by atoms with Crippen LogP contribution in [0.4, 0.5) is 0 Å². The molecular weight excluding hydrogens is 579 g/mol. The van der Waals surface area contributed by atoms with E-state index in [9.17, 15) is 14.4 Å². The Morgan fingerprint density at radius 1 is 0.881 bits per heavy atom. The maximum absolute atomic E-state index is 13.4. The lowest BCUT2D eigenvalue weighted by molar-refractivity contribution is -0.140. The highest BCUT2D eigenvalue weighted by Gasteiger charge is 2.31. The molecule has 0 saturated heterocycles. The van der Waals surface area contributed by atoms with Crippen LogP contribution in [-0.2, 0) is 20.8 Å². The highest BCUT2D eigenvalue weighted by molar-refractivity contribution is 5.94. The molecule has 0 unspecified atom stereocenters. The lowest BCUT2D eigenvalue weighted by atomic mass is 10.0. The van der Waals surface area contributed by atoms with Crippen LogP contribution in [0.15, 0.2) is 72.8 Å². The quantitative estimate of drug-likeness (QED) is 0.0561. The van der Waals surface area contributed by atoms with Crippen molar-refractivity contribution in [2.45, 2.75) is 51.2 Å². The van der Waals surface area contributed by atoms with Crippen LogP contribution < -0.4 is 32.2 Å². The van der Waals surface area contributed by atoms with Gasteiger partial charge in [0.15, 0.2) is 5.96 Å². The second kappa shape index (κ2) is 17.8. The summed E-state index contributed by atoms with van der Waals surface area (Å²) in [6.45, 7) is 3.93. The van der Waals surface area contributed by atoms with Gasteiger partial charge in [-0.05, 0) is 42.2 Å². The molecule has 3 rings (SSSR count). The van der Waals surface area contributed by atoms with E-state index in [0.717, 1.165) is 16.3 Å². The summed E-state index contributed by atoms with van der Waals surface area (Å²) >= 11 is 0. The van der Waals surface area contributed by atoms with Gasteiger partial charge in [-0.15, -0.1) is 24.8 Å². The van der Waals surface area contributed by atoms with Crippen molar-refractivity contribution in [2.75, 3.05) is 6.54 Å². The van der Waals surface area contributed by atoms with E-state index in [0.29, 0.717) is 25.1 Å². The zero-order valence-electron chi connectivity index (χ0n) is 23.7. The molecule has 0 aliphatic rings. The number of ether oxygens (including phenoxy) is 1. The number of esters is 1. The first-order chi connectivity index (χ1) is 19.2. The van der Waals surface area contributed by atoms with Crippen molar-refractivity contribution in [3.05, 3.63) is 78.4 Å². The summed E-state index contributed by atoms with van der Waals surface area (Å²) in [6, 6.07) is 19.5. The van der Waals surface area contributed by atoms with Gasteiger partial charge in [-0.2, -0.15) is 0 Å². The number of hydrogen-bond acceptors (Lipinski definition) is 6. The van der Waals surface area contributed by atoms with Gasteiger partial charge in [0.25, 0.3) is 0 Å². The van der Waals surface area contributed by atoms with Gasteiger partial charge in [-0.3, -0.25) is 15.0 Å². The standard InChI is InChI=1S/C30H38N6O4.2ClH/c1-19(2)26(36-27(37)23(31)18-20-10-4-3-5-11-20)28(38)35-24(15-9-17-34-30(32)33)29(39)40-25-16-8-13-21-12-6-7-14-22(21)25;;/h3-8,10-14,16,19,23-24,26H,9,15,17-18,31H2,1-2H3,(H,35,38)(H,36,37)(H4,32,33,34);2*1H/t23-,24-,26-;;/m0../s1. The maximum atomic E-state index is 13.4. The minimum Gasteiger partial charge on any atom is -0.424 e. The molecule has 0 spiro atoms. The van der Waals surface area contributed by atoms with Crippen LogP contribution in [-0.4, -0.2) is 48.4 Å². The molecule has 0 fully saturated rings. The largest absolute Gasteiger partial charge is 0.424 e. The van der Waals surface area contributed by atoms with E-state index in [-0.39, 0.29) is 43.1 Å². The van der Waals surface area contributed by atoms with Crippen molar-refractivity contribution in [2.24, 2.45) is 17.4 Å². The molecule has 0 saturated carbocycles. The Morgan fingerprint density at radius 2 is 1.52 bits per heavy atom. The molecule has 0 heterocycles. The smallest absolute Gasteiger partial charge is 0.334 e. The van der Waals surface area contributed by atoms with Crippen LogP contribution in [0.5, 0.6) is 5.75 Å². The zero-order chi connectivity index (χ0) is 29.1. The third-order valence-corrected chi connectivity index (χ3v) is 6.43. The topological polar surface area (TPSA) is 172 Å². The third kappa shape index (κ3) is 10.8. The molecular formula is C30H40Cl2N6O4. The maximum Gasteiger partial charge on any atom is 0.334 e. The summed E-state index contributed by atoms with van der Waals surface area (Å²) in [5.74, 6) is -1.70. The molecule has 2 amide bonds. The van der Waals surface area contributed by atoms with Crippen LogP contribution >= 0.6 is 24.8 Å². The van der Waals surface area contributed by atoms with Crippen LogP contribution in [0, 0.1) is 11.3 Å². The van der Waals surface area contributed by atoms with Crippen molar-refractivity contribution in [1.82, 2.24) is 16.0 Å². The first kappa shape index (κ1) is 36.2. The second-order valence-electron chi connectivity index (χ2n) is 9.97. The minimum atomic E-state index is -1.00. The first-order valence-corrected chi connectivity index (χ1v) is 13.3. The highest BCUT2D eigenvalue weighted by Crippen LogP contribution is 2.25. The molecule has 228 valence electrons. The SMILES string of the molecule is CC(C)[C@H](NC(=O)[C@@H](N)Cc1ccccc1)C(=O)N[C@@H](CCCNC(=N)N)C(=O)Oc1cccc2ccccc12.Cl.Cl. The Balaban J connectivity index is 0.00000441. The van der Waals surface area contributed by atoms with Gasteiger partial charge in [-0.1, -0.05) is 80.6 Å². The van der Waals surface area contributed by atoms with Crippen molar-refractivity contribution in [3.8, 4) is 5.75 Å². The predicted molar refractivity (Wildman–Crippen MR) is 170 cm³/mol. The molecule has 3 aromatic carbocycles. The van der Waals surface area contributed by atoms with Crippen LogP contribution in [0.1, 0.15) is 32.3 Å². The van der Waals surface area contributed by atoms with E-state index >= 15 is 0 Å². The lowest BCUT2D eigenvalue weighted by Crippen LogP contribution is -2.57. The fourth-order valence-corrected chi connectivity index (χ4v) is 4.26. The number of amides is 2. The molecule has 0 aliphatic heterocycles. The lowest BCUT2D eigenvalue weighted by Gasteiger charge is -2.26. The van der Waals surface area contributed by atoms with E-state index in [1.807, 2.05) is 60.7 Å². The molecule has 10 nitrogen and oxygen atoms in total. The summed E-state index contributed by atoms with van der Waals surface area (Å²) in [4.78, 5) is 39.6. The molecule has 0 radical (unpaired) electrons. The van der Waals surface area contributed by atoms with Gasteiger partial charge in [0, 0.05) is 11.9 Å². The van der Waals surface area contributed by atoms with E-state index < -0.39 is 35.9 Å². The predicted octanol–water partition coefficient (Wildman–Crippen LogP) is 3.05. The summed E-state index contributed by atoms with van der Waals surface area (Å²) in [5.41, 5.74) is 12.4. The summed E-state index contributed by atoms with van der Waals surface area (Å²) in [5, 5.41) is 17.2. The Hall–Kier alpha value is -3.86. The summed E-state index contributed by atoms with van der Waals surface area (Å²) < 4.78 is 5.75. The summed E-state index contributed by atoms with van der Waals surface area (Å²) in [7, 11) is 0. The third-order valence-electron chi connectivity index (χ3n) is 6.43. The molecule has 8 N–H and O–H groups in total. The number of fused-ring (bicyclic) bond motifs is 1. The number of hydrogen-bond donors (Lipinski definition) is 6. The normalized spacial score (nSPS) is 12.6. The molecule has 42 heavy (non-hydrogen) atoms. The molecule has 3 aromatic rings. The number of guanidine groups is 1. The number of rotatable bonds is 13. The number of benzene rings is 3. The highest BCUT2D eigenvalue weighted by atomic mass is 35.5. The molecule has 0 bridgehead atoms. The molecule has 0 aromatic heterocycles. The van der Waals surface area contributed by atoms with E-state index in [1.165, 1.54) is 0 Å². The van der Waals surface area contributed by atoms with Crippen LogP contribution in [0.2, 0.25) is 0 Å². The van der Waals surface area contributed by atoms with Gasteiger partial charge >= 0.3 is 5.97 Å². The van der Waals surface area contributed by atoms with Gasteiger partial charge < -0.3 is 32.2 Å². The van der Waals surface area contributed by atoms with Crippen LogP contribution in [0.3, 0.4) is 0 Å². The molecule has 3 atom stereocenters. The van der Waals surface area contributed by atoms with Gasteiger partial charge in [-0.25, -0.2) is 4.79 Å².